The van der Waals surface area contributed by atoms with Crippen LogP contribution in [0.5, 0.6) is 0 Å². The van der Waals surface area contributed by atoms with Gasteiger partial charge in [0.25, 0.3) is 5.91 Å². The summed E-state index contributed by atoms with van der Waals surface area (Å²) in [6.45, 7) is 6.91. The van der Waals surface area contributed by atoms with Crippen LogP contribution in [0.15, 0.2) is 60.9 Å². The average Bonchev–Trinajstić information content (AvgIpc) is 3.05. The van der Waals surface area contributed by atoms with Crippen LogP contribution in [0.2, 0.25) is 0 Å². The lowest BCUT2D eigenvalue weighted by molar-refractivity contribution is 0.0935. The summed E-state index contributed by atoms with van der Waals surface area (Å²) in [5, 5.41) is 3.16. The summed E-state index contributed by atoms with van der Waals surface area (Å²) in [6.07, 6.45) is 4.62. The number of carbonyl (C=O) groups is 1. The van der Waals surface area contributed by atoms with E-state index in [9.17, 15) is 4.79 Å². The average molecular weight is 347 g/mol. The van der Waals surface area contributed by atoms with Crippen molar-refractivity contribution < 1.29 is 4.79 Å². The van der Waals surface area contributed by atoms with Crippen LogP contribution >= 0.6 is 0 Å². The quantitative estimate of drug-likeness (QED) is 0.717. The van der Waals surface area contributed by atoms with Gasteiger partial charge in [-0.1, -0.05) is 43.3 Å². The van der Waals surface area contributed by atoms with Gasteiger partial charge in [-0.05, 0) is 49.1 Å². The summed E-state index contributed by atoms with van der Waals surface area (Å²) in [4.78, 5) is 16.9. The number of aryl methyl sites for hydroxylation is 2. The first-order chi connectivity index (χ1) is 12.6. The molecule has 0 aliphatic rings. The lowest BCUT2D eigenvalue weighted by Crippen LogP contribution is -2.28. The van der Waals surface area contributed by atoms with Crippen molar-refractivity contribution in [2.45, 2.75) is 39.8 Å². The van der Waals surface area contributed by atoms with E-state index in [1.165, 1.54) is 11.1 Å². The molecule has 0 bridgehead atoms. The van der Waals surface area contributed by atoms with Gasteiger partial charge in [0.1, 0.15) is 5.82 Å². The van der Waals surface area contributed by atoms with Crippen LogP contribution in [0, 0.1) is 13.8 Å². The van der Waals surface area contributed by atoms with E-state index in [2.05, 4.69) is 40.8 Å². The number of nitrogens with one attached hydrogen (secondary N) is 1. The number of hydrogen-bond acceptors (Lipinski definition) is 2. The summed E-state index contributed by atoms with van der Waals surface area (Å²) in [5.74, 6) is 0.946. The zero-order chi connectivity index (χ0) is 18.5. The van der Waals surface area contributed by atoms with Gasteiger partial charge in [-0.15, -0.1) is 0 Å². The van der Waals surface area contributed by atoms with Gasteiger partial charge < -0.3 is 9.88 Å². The molecule has 0 radical (unpaired) electrons. The molecule has 0 fully saturated rings. The Balaban J connectivity index is 1.69. The van der Waals surface area contributed by atoms with Gasteiger partial charge in [0, 0.05) is 24.5 Å². The Labute approximate surface area is 154 Å². The number of nitrogens with zero attached hydrogens (tertiary/aromatic N) is 2. The van der Waals surface area contributed by atoms with Crippen LogP contribution in [0.25, 0.3) is 0 Å². The summed E-state index contributed by atoms with van der Waals surface area (Å²) in [7, 11) is 0. The molecule has 2 aromatic carbocycles. The lowest BCUT2D eigenvalue weighted by atomic mass is 9.99. The van der Waals surface area contributed by atoms with Gasteiger partial charge in [0.2, 0.25) is 0 Å². The molecular weight excluding hydrogens is 322 g/mol. The summed E-state index contributed by atoms with van der Waals surface area (Å²) < 4.78 is 2.08. The molecule has 0 aliphatic heterocycles. The topological polar surface area (TPSA) is 46.9 Å². The summed E-state index contributed by atoms with van der Waals surface area (Å²) in [5.41, 5.74) is 4.21. The largest absolute Gasteiger partial charge is 0.345 e. The van der Waals surface area contributed by atoms with Crippen LogP contribution in [-0.2, 0) is 6.54 Å². The van der Waals surface area contributed by atoms with Crippen LogP contribution in [-0.4, -0.2) is 15.5 Å². The lowest BCUT2D eigenvalue weighted by Gasteiger charge is -2.19. The molecule has 0 saturated carbocycles. The molecular formula is C22H25N3O. The Bertz CT molecular complexity index is 880. The maximum Gasteiger partial charge on any atom is 0.251 e. The van der Waals surface area contributed by atoms with Gasteiger partial charge in [-0.25, -0.2) is 4.98 Å². The van der Waals surface area contributed by atoms with Crippen LogP contribution in [0.4, 0.5) is 0 Å². The highest BCUT2D eigenvalue weighted by atomic mass is 16.1. The maximum absolute atomic E-state index is 12.7. The van der Waals surface area contributed by atoms with Crippen molar-refractivity contribution in [2.75, 3.05) is 0 Å². The predicted octanol–water partition coefficient (Wildman–Crippen LogP) is 4.43. The van der Waals surface area contributed by atoms with E-state index in [0.29, 0.717) is 5.56 Å². The molecule has 3 rings (SSSR count). The molecule has 1 N–H and O–H groups in total. The molecule has 0 spiro atoms. The fourth-order valence-electron chi connectivity index (χ4n) is 3.15. The Morgan fingerprint density at radius 2 is 1.85 bits per heavy atom. The first-order valence-corrected chi connectivity index (χ1v) is 9.01. The Morgan fingerprint density at radius 3 is 2.46 bits per heavy atom. The van der Waals surface area contributed by atoms with E-state index >= 15 is 0 Å². The predicted molar refractivity (Wildman–Crippen MR) is 104 cm³/mol. The fraction of sp³-hybridized carbons (Fsp3) is 0.273. The number of amides is 1. The van der Waals surface area contributed by atoms with Gasteiger partial charge in [-0.2, -0.15) is 0 Å². The smallest absolute Gasteiger partial charge is 0.251 e. The van der Waals surface area contributed by atoms with E-state index in [1.54, 1.807) is 6.20 Å². The number of imidazole rings is 1. The van der Waals surface area contributed by atoms with Gasteiger partial charge in [-0.3, -0.25) is 4.79 Å². The van der Waals surface area contributed by atoms with Gasteiger partial charge >= 0.3 is 0 Å². The molecule has 0 saturated heterocycles. The zero-order valence-electron chi connectivity index (χ0n) is 15.6. The summed E-state index contributed by atoms with van der Waals surface area (Å²) in [6, 6.07) is 16.0. The summed E-state index contributed by atoms with van der Waals surface area (Å²) >= 11 is 0. The van der Waals surface area contributed by atoms with Crippen LogP contribution < -0.4 is 5.32 Å². The zero-order valence-corrected chi connectivity index (χ0v) is 15.6. The molecule has 0 aliphatic carbocycles. The molecule has 1 unspecified atom stereocenters. The molecule has 4 heteroatoms. The number of aromatic nitrogens is 2. The van der Waals surface area contributed by atoms with Crippen molar-refractivity contribution in [1.82, 2.24) is 14.9 Å². The third-order valence-electron chi connectivity index (χ3n) is 4.77. The van der Waals surface area contributed by atoms with Crippen molar-refractivity contribution in [3.8, 4) is 0 Å². The van der Waals surface area contributed by atoms with E-state index < -0.39 is 0 Å². The molecule has 26 heavy (non-hydrogen) atoms. The van der Waals surface area contributed by atoms with Crippen molar-refractivity contribution >= 4 is 5.91 Å². The van der Waals surface area contributed by atoms with Crippen molar-refractivity contribution in [1.29, 1.82) is 0 Å². The minimum atomic E-state index is -0.0366. The van der Waals surface area contributed by atoms with Crippen LogP contribution in [0.1, 0.15) is 52.3 Å². The maximum atomic E-state index is 12.7. The highest BCUT2D eigenvalue weighted by Crippen LogP contribution is 2.21. The molecule has 134 valence electrons. The van der Waals surface area contributed by atoms with E-state index in [0.717, 1.165) is 24.4 Å². The number of benzene rings is 2. The molecule has 4 nitrogen and oxygen atoms in total. The Hall–Kier alpha value is -2.88. The molecule has 1 aromatic heterocycles. The minimum absolute atomic E-state index is 0.0250. The highest BCUT2D eigenvalue weighted by molar-refractivity contribution is 5.94. The molecule has 3 aromatic rings. The Morgan fingerprint density at radius 1 is 1.12 bits per heavy atom. The molecule has 1 atom stereocenters. The van der Waals surface area contributed by atoms with Crippen molar-refractivity contribution in [3.63, 3.8) is 0 Å². The third-order valence-corrected chi connectivity index (χ3v) is 4.77. The minimum Gasteiger partial charge on any atom is -0.345 e. The van der Waals surface area contributed by atoms with Crippen molar-refractivity contribution in [2.24, 2.45) is 0 Å². The fourth-order valence-corrected chi connectivity index (χ4v) is 3.15. The van der Waals surface area contributed by atoms with Crippen LogP contribution in [0.3, 0.4) is 0 Å². The number of rotatable bonds is 6. The first kappa shape index (κ1) is 17.9. The van der Waals surface area contributed by atoms with E-state index in [4.69, 9.17) is 0 Å². The van der Waals surface area contributed by atoms with Crippen molar-refractivity contribution in [3.05, 3.63) is 89.0 Å². The van der Waals surface area contributed by atoms with E-state index in [-0.39, 0.29) is 11.9 Å². The second-order valence-corrected chi connectivity index (χ2v) is 6.59. The normalized spacial score (nSPS) is 12.0. The monoisotopic (exact) mass is 347 g/mol. The standard InChI is InChI=1S/C22H25N3O/c1-4-21(20-8-6-5-7-16(20)2)24-22(26)19-11-9-18(10-12-19)15-25-14-13-23-17(25)3/h5-14,21H,4,15H2,1-3H3,(H,24,26). The molecule has 1 amide bonds. The Kier molecular flexibility index (Phi) is 5.52. The second-order valence-electron chi connectivity index (χ2n) is 6.59. The first-order valence-electron chi connectivity index (χ1n) is 9.01. The number of carbonyl (C=O) groups excluding carboxylic acids is 1. The third kappa shape index (κ3) is 4.02. The van der Waals surface area contributed by atoms with Gasteiger partial charge in [0.15, 0.2) is 0 Å². The van der Waals surface area contributed by atoms with Gasteiger partial charge in [0.05, 0.1) is 6.04 Å². The molecule has 1 heterocycles. The SMILES string of the molecule is CCC(NC(=O)c1ccc(Cn2ccnc2C)cc1)c1ccccc1C. The number of hydrogen-bond donors (Lipinski definition) is 1. The van der Waals surface area contributed by atoms with E-state index in [1.807, 2.05) is 49.5 Å². The second kappa shape index (κ2) is 8.00. The highest BCUT2D eigenvalue weighted by Gasteiger charge is 2.15.